The van der Waals surface area contributed by atoms with Crippen molar-refractivity contribution in [3.63, 3.8) is 0 Å². The quantitative estimate of drug-likeness (QED) is 0.762. The van der Waals surface area contributed by atoms with Crippen molar-refractivity contribution in [1.29, 1.82) is 0 Å². The van der Waals surface area contributed by atoms with Crippen molar-refractivity contribution in [3.05, 3.63) is 65.7 Å². The van der Waals surface area contributed by atoms with Crippen LogP contribution in [0.15, 0.2) is 54.6 Å². The van der Waals surface area contributed by atoms with Crippen LogP contribution in [-0.4, -0.2) is 12.1 Å². The number of para-hydroxylation sites is 1. The third kappa shape index (κ3) is 4.10. The van der Waals surface area contributed by atoms with E-state index in [1.807, 2.05) is 42.4 Å². The first-order valence-corrected chi connectivity index (χ1v) is 6.99. The lowest BCUT2D eigenvalue weighted by molar-refractivity contribution is -0.0400. The van der Waals surface area contributed by atoms with Gasteiger partial charge < -0.3 is 4.84 Å². The first-order chi connectivity index (χ1) is 9.45. The second-order valence-electron chi connectivity index (χ2n) is 6.14. The Kier molecular flexibility index (Phi) is 4.46. The van der Waals surface area contributed by atoms with E-state index in [1.165, 1.54) is 11.1 Å². The van der Waals surface area contributed by atoms with E-state index in [9.17, 15) is 0 Å². The zero-order chi connectivity index (χ0) is 14.6. The van der Waals surface area contributed by atoms with E-state index in [0.717, 1.165) is 12.3 Å². The topological polar surface area (TPSA) is 12.5 Å². The van der Waals surface area contributed by atoms with Crippen LogP contribution in [-0.2, 0) is 12.0 Å². The summed E-state index contributed by atoms with van der Waals surface area (Å²) < 4.78 is 0. The van der Waals surface area contributed by atoms with E-state index in [2.05, 4.69) is 45.0 Å². The standard InChI is InChI=1S/C18H23NO/c1-18(2,3)16-12-10-15(11-13-16)14-19(4)20-17-8-6-5-7-9-17/h5-13H,14H2,1-4H3. The van der Waals surface area contributed by atoms with Gasteiger partial charge in [-0.15, -0.1) is 5.06 Å². The third-order valence-corrected chi connectivity index (χ3v) is 3.23. The van der Waals surface area contributed by atoms with Crippen molar-refractivity contribution in [2.24, 2.45) is 0 Å². The highest BCUT2D eigenvalue weighted by atomic mass is 16.7. The minimum atomic E-state index is 0.199. The molecule has 2 heteroatoms. The van der Waals surface area contributed by atoms with Crippen molar-refractivity contribution in [1.82, 2.24) is 5.06 Å². The van der Waals surface area contributed by atoms with Gasteiger partial charge in [0.05, 0.1) is 6.54 Å². The van der Waals surface area contributed by atoms with Gasteiger partial charge in [0.2, 0.25) is 0 Å². The Labute approximate surface area is 122 Å². The van der Waals surface area contributed by atoms with Crippen LogP contribution in [0.4, 0.5) is 0 Å². The maximum Gasteiger partial charge on any atom is 0.147 e. The summed E-state index contributed by atoms with van der Waals surface area (Å²) in [6.45, 7) is 7.45. The summed E-state index contributed by atoms with van der Waals surface area (Å²) in [5.41, 5.74) is 2.80. The first-order valence-electron chi connectivity index (χ1n) is 6.99. The summed E-state index contributed by atoms with van der Waals surface area (Å²) >= 11 is 0. The fraction of sp³-hybridized carbons (Fsp3) is 0.333. The van der Waals surface area contributed by atoms with Crippen molar-refractivity contribution >= 4 is 0 Å². The van der Waals surface area contributed by atoms with Gasteiger partial charge >= 0.3 is 0 Å². The van der Waals surface area contributed by atoms with Gasteiger partial charge in [-0.05, 0) is 28.7 Å². The molecule has 20 heavy (non-hydrogen) atoms. The molecule has 0 unspecified atom stereocenters. The lowest BCUT2D eigenvalue weighted by Crippen LogP contribution is -2.22. The molecule has 2 rings (SSSR count). The molecule has 0 radical (unpaired) electrons. The van der Waals surface area contributed by atoms with Crippen LogP contribution in [0, 0.1) is 0 Å². The fourth-order valence-electron chi connectivity index (χ4n) is 2.06. The Balaban J connectivity index is 1.96. The summed E-state index contributed by atoms with van der Waals surface area (Å²) in [7, 11) is 1.95. The maximum absolute atomic E-state index is 5.75. The molecule has 0 aliphatic rings. The molecule has 0 fully saturated rings. The summed E-state index contributed by atoms with van der Waals surface area (Å²) in [4.78, 5) is 5.75. The van der Waals surface area contributed by atoms with Crippen LogP contribution < -0.4 is 4.84 Å². The highest BCUT2D eigenvalue weighted by Crippen LogP contribution is 2.22. The number of benzene rings is 2. The fourth-order valence-corrected chi connectivity index (χ4v) is 2.06. The van der Waals surface area contributed by atoms with Crippen molar-refractivity contribution < 1.29 is 4.84 Å². The normalized spacial score (nSPS) is 11.7. The minimum Gasteiger partial charge on any atom is -0.406 e. The van der Waals surface area contributed by atoms with Crippen molar-refractivity contribution in [2.75, 3.05) is 7.05 Å². The molecule has 2 aromatic rings. The van der Waals surface area contributed by atoms with Gasteiger partial charge in [-0.25, -0.2) is 0 Å². The van der Waals surface area contributed by atoms with E-state index in [1.54, 1.807) is 0 Å². The van der Waals surface area contributed by atoms with E-state index >= 15 is 0 Å². The first kappa shape index (κ1) is 14.6. The van der Waals surface area contributed by atoms with E-state index in [4.69, 9.17) is 4.84 Å². The van der Waals surface area contributed by atoms with Gasteiger partial charge in [0.1, 0.15) is 5.75 Å². The van der Waals surface area contributed by atoms with Gasteiger partial charge in [0, 0.05) is 7.05 Å². The van der Waals surface area contributed by atoms with Gasteiger partial charge in [-0.1, -0.05) is 63.2 Å². The highest BCUT2D eigenvalue weighted by molar-refractivity contribution is 5.27. The molecular formula is C18H23NO. The molecule has 2 nitrogen and oxygen atoms in total. The van der Waals surface area contributed by atoms with Crippen LogP contribution in [0.3, 0.4) is 0 Å². The maximum atomic E-state index is 5.75. The summed E-state index contributed by atoms with van der Waals surface area (Å²) in [6.07, 6.45) is 0. The molecule has 0 aliphatic carbocycles. The third-order valence-electron chi connectivity index (χ3n) is 3.23. The van der Waals surface area contributed by atoms with Crippen LogP contribution in [0.25, 0.3) is 0 Å². The second kappa shape index (κ2) is 6.10. The largest absolute Gasteiger partial charge is 0.406 e. The molecule has 0 saturated heterocycles. The molecule has 2 aromatic carbocycles. The molecule has 0 aromatic heterocycles. The molecule has 0 bridgehead atoms. The molecule has 0 spiro atoms. The van der Waals surface area contributed by atoms with Gasteiger partial charge in [-0.2, -0.15) is 0 Å². The molecule has 106 valence electrons. The number of hydroxylamine groups is 2. The molecule has 0 aliphatic heterocycles. The summed E-state index contributed by atoms with van der Waals surface area (Å²) in [5.74, 6) is 0.862. The minimum absolute atomic E-state index is 0.199. The molecule has 0 saturated carbocycles. The second-order valence-corrected chi connectivity index (χ2v) is 6.14. The monoisotopic (exact) mass is 269 g/mol. The molecule has 0 amide bonds. The molecule has 0 N–H and O–H groups in total. The van der Waals surface area contributed by atoms with Gasteiger partial charge in [0.15, 0.2) is 0 Å². The average molecular weight is 269 g/mol. The Hall–Kier alpha value is -1.80. The van der Waals surface area contributed by atoms with Crippen LogP contribution in [0.1, 0.15) is 31.9 Å². The SMILES string of the molecule is CN(Cc1ccc(C(C)(C)C)cc1)Oc1ccccc1. The molecule has 0 heterocycles. The van der Waals surface area contributed by atoms with Crippen molar-refractivity contribution in [3.8, 4) is 5.75 Å². The van der Waals surface area contributed by atoms with E-state index < -0.39 is 0 Å². The van der Waals surface area contributed by atoms with E-state index in [-0.39, 0.29) is 5.41 Å². The number of hydrogen-bond acceptors (Lipinski definition) is 2. The number of nitrogens with zero attached hydrogens (tertiary/aromatic N) is 1. The average Bonchev–Trinajstić information content (AvgIpc) is 2.39. The summed E-state index contributed by atoms with van der Waals surface area (Å²) in [5, 5.41) is 1.85. The van der Waals surface area contributed by atoms with Crippen LogP contribution >= 0.6 is 0 Å². The zero-order valence-electron chi connectivity index (χ0n) is 12.8. The Morgan fingerprint density at radius 2 is 1.50 bits per heavy atom. The number of hydrogen-bond donors (Lipinski definition) is 0. The lowest BCUT2D eigenvalue weighted by atomic mass is 9.87. The van der Waals surface area contributed by atoms with Crippen molar-refractivity contribution in [2.45, 2.75) is 32.7 Å². The number of rotatable bonds is 4. The molecular weight excluding hydrogens is 246 g/mol. The Bertz CT molecular complexity index is 526. The Morgan fingerprint density at radius 1 is 0.900 bits per heavy atom. The predicted octanol–water partition coefficient (Wildman–Crippen LogP) is 4.41. The summed E-state index contributed by atoms with van der Waals surface area (Å²) in [6, 6.07) is 18.6. The lowest BCUT2D eigenvalue weighted by Gasteiger charge is -2.21. The molecule has 0 atom stereocenters. The van der Waals surface area contributed by atoms with E-state index in [0.29, 0.717) is 0 Å². The van der Waals surface area contributed by atoms with Gasteiger partial charge in [-0.3, -0.25) is 0 Å². The zero-order valence-corrected chi connectivity index (χ0v) is 12.8. The van der Waals surface area contributed by atoms with Crippen LogP contribution in [0.5, 0.6) is 5.75 Å². The van der Waals surface area contributed by atoms with Crippen LogP contribution in [0.2, 0.25) is 0 Å². The van der Waals surface area contributed by atoms with Gasteiger partial charge in [0.25, 0.3) is 0 Å². The Morgan fingerprint density at radius 3 is 2.05 bits per heavy atom. The smallest absolute Gasteiger partial charge is 0.147 e. The highest BCUT2D eigenvalue weighted by Gasteiger charge is 2.13. The predicted molar refractivity (Wildman–Crippen MR) is 83.7 cm³/mol.